The van der Waals surface area contributed by atoms with E-state index in [0.29, 0.717) is 0 Å². The third-order valence-electron chi connectivity index (χ3n) is 9.51. The summed E-state index contributed by atoms with van der Waals surface area (Å²) >= 11 is 2.31. The van der Waals surface area contributed by atoms with Crippen molar-refractivity contribution in [3.63, 3.8) is 0 Å². The lowest BCUT2D eigenvalue weighted by atomic mass is 9.83. The molecule has 52 heavy (non-hydrogen) atoms. The number of ether oxygens (including phenoxy) is 4. The Labute approximate surface area is 319 Å². The summed E-state index contributed by atoms with van der Waals surface area (Å²) in [5.41, 5.74) is 14.7. The highest BCUT2D eigenvalue weighted by molar-refractivity contribution is 14.1. The van der Waals surface area contributed by atoms with Crippen LogP contribution in [0.1, 0.15) is 65.7 Å². The molecule has 14 atom stereocenters. The third-order valence-corrected chi connectivity index (χ3v) is 9.95. The van der Waals surface area contributed by atoms with E-state index >= 15 is 0 Å². The van der Waals surface area contributed by atoms with Crippen molar-refractivity contribution < 1.29 is 59.5 Å². The number of nitrogens with two attached hydrogens (primary N) is 2. The van der Waals surface area contributed by atoms with Crippen LogP contribution in [0.25, 0.3) is 0 Å². The van der Waals surface area contributed by atoms with Crippen molar-refractivity contribution in [2.45, 2.75) is 151 Å². The Kier molecular flexibility index (Phi) is 19.2. The van der Waals surface area contributed by atoms with Gasteiger partial charge >= 0.3 is 0 Å². The van der Waals surface area contributed by atoms with Gasteiger partial charge in [0.25, 0.3) is 0 Å². The Hall–Kier alpha value is -1.43. The van der Waals surface area contributed by atoms with Gasteiger partial charge in [-0.1, -0.05) is 23.3 Å². The first-order chi connectivity index (χ1) is 24.7. The SMILES string of the molecule is C/C(I)=C\CC/C(C)=C/CC/C(C)=C/C=NCCC(O)C(=O)NC1CC(N)C(OC2CC(O)C(O)C(CN)O2)C(OC2OC(CO)C(O)C2O)C1O. The highest BCUT2D eigenvalue weighted by Crippen LogP contribution is 2.33. The van der Waals surface area contributed by atoms with Crippen LogP contribution < -0.4 is 16.8 Å². The molecule has 0 aromatic heterocycles. The van der Waals surface area contributed by atoms with Crippen LogP contribution in [0.5, 0.6) is 0 Å². The maximum absolute atomic E-state index is 13.0. The average Bonchev–Trinajstić information content (AvgIpc) is 3.37. The lowest BCUT2D eigenvalue weighted by Crippen LogP contribution is -2.66. The number of aliphatic hydroxyl groups excluding tert-OH is 7. The average molecular weight is 855 g/mol. The van der Waals surface area contributed by atoms with Gasteiger partial charge in [0.1, 0.15) is 54.9 Å². The van der Waals surface area contributed by atoms with Gasteiger partial charge in [-0.2, -0.15) is 0 Å². The molecule has 0 radical (unpaired) electrons. The van der Waals surface area contributed by atoms with Crippen molar-refractivity contribution in [1.29, 1.82) is 0 Å². The fourth-order valence-corrected chi connectivity index (χ4v) is 6.62. The molecule has 0 aromatic carbocycles. The third kappa shape index (κ3) is 13.4. The van der Waals surface area contributed by atoms with Crippen LogP contribution in [0.15, 0.2) is 37.9 Å². The van der Waals surface area contributed by atoms with Gasteiger partial charge in [0.15, 0.2) is 12.6 Å². The summed E-state index contributed by atoms with van der Waals surface area (Å²) in [4.78, 5) is 17.3. The van der Waals surface area contributed by atoms with Crippen molar-refractivity contribution in [2.75, 3.05) is 19.7 Å². The number of carbonyl (C=O) groups excluding carboxylic acids is 1. The fourth-order valence-electron chi connectivity index (χ4n) is 6.31. The van der Waals surface area contributed by atoms with Gasteiger partial charge < -0.3 is 71.5 Å². The van der Waals surface area contributed by atoms with E-state index in [1.807, 2.05) is 13.0 Å². The minimum atomic E-state index is -1.61. The highest BCUT2D eigenvalue weighted by Gasteiger charge is 2.52. The predicted octanol–water partition coefficient (Wildman–Crippen LogP) is -0.818. The van der Waals surface area contributed by atoms with E-state index in [0.717, 1.165) is 31.3 Å². The molecule has 2 saturated heterocycles. The molecule has 16 nitrogen and oxygen atoms in total. The molecule has 0 spiro atoms. The van der Waals surface area contributed by atoms with Crippen molar-refractivity contribution >= 4 is 34.7 Å². The molecule has 0 aromatic rings. The lowest BCUT2D eigenvalue weighted by Gasteiger charge is -2.46. The van der Waals surface area contributed by atoms with Crippen LogP contribution in [0.2, 0.25) is 0 Å². The minimum Gasteiger partial charge on any atom is -0.394 e. The molecule has 1 aliphatic carbocycles. The van der Waals surface area contributed by atoms with E-state index in [4.69, 9.17) is 30.4 Å². The minimum absolute atomic E-state index is 0.0148. The van der Waals surface area contributed by atoms with Crippen molar-refractivity contribution in [3.8, 4) is 0 Å². The smallest absolute Gasteiger partial charge is 0.249 e. The summed E-state index contributed by atoms with van der Waals surface area (Å²) in [5, 5.41) is 75.5. The quantitative estimate of drug-likeness (QED) is 0.0459. The van der Waals surface area contributed by atoms with Crippen LogP contribution in [-0.4, -0.2) is 153 Å². The van der Waals surface area contributed by atoms with Crippen molar-refractivity contribution in [1.82, 2.24) is 5.32 Å². The second-order valence-corrected chi connectivity index (χ2v) is 15.5. The summed E-state index contributed by atoms with van der Waals surface area (Å²) < 4.78 is 24.4. The van der Waals surface area contributed by atoms with Gasteiger partial charge in [0, 0.05) is 38.2 Å². The first-order valence-electron chi connectivity index (χ1n) is 17.9. The number of amides is 1. The number of nitrogens with one attached hydrogen (secondary N) is 1. The van der Waals surface area contributed by atoms with Gasteiger partial charge in [-0.25, -0.2) is 0 Å². The number of nitrogens with zero attached hydrogens (tertiary/aromatic N) is 1. The van der Waals surface area contributed by atoms with E-state index in [2.05, 4.69) is 58.9 Å². The molecule has 2 heterocycles. The molecule has 298 valence electrons. The summed E-state index contributed by atoms with van der Waals surface area (Å²) in [5.74, 6) is -0.769. The Morgan fingerprint density at radius 2 is 1.63 bits per heavy atom. The van der Waals surface area contributed by atoms with E-state index in [-0.39, 0.29) is 32.4 Å². The Morgan fingerprint density at radius 1 is 0.942 bits per heavy atom. The van der Waals surface area contributed by atoms with Crippen LogP contribution >= 0.6 is 22.6 Å². The maximum atomic E-state index is 13.0. The van der Waals surface area contributed by atoms with E-state index in [1.54, 1.807) is 6.21 Å². The predicted molar refractivity (Wildman–Crippen MR) is 200 cm³/mol. The standard InChI is InChI=1S/C35H59IN4O12/c1-18(8-5-9-20(3)36)6-4-7-19(2)10-12-39-13-11-23(42)34(48)40-22-14-21(38)32(51-27-15-24(43)29(45)25(16-37)49-27)33(28(22)44)52-35-31(47)30(46)26(17-41)50-35/h6,9-10,12,21-33,35,41-47H,4-5,7-8,11,13-17,37-38H2,1-3H3,(H,40,48)/b18-6+,19-10+,20-9+,39-12?. The molecule has 3 aliphatic rings. The van der Waals surface area contributed by atoms with E-state index in [1.165, 1.54) is 9.15 Å². The zero-order chi connectivity index (χ0) is 38.5. The first-order valence-corrected chi connectivity index (χ1v) is 18.9. The Bertz CT molecular complexity index is 1240. The lowest BCUT2D eigenvalue weighted by molar-refractivity contribution is -0.302. The van der Waals surface area contributed by atoms with Crippen LogP contribution in [0.3, 0.4) is 0 Å². The number of hydrogen-bond donors (Lipinski definition) is 10. The Morgan fingerprint density at radius 3 is 2.29 bits per heavy atom. The summed E-state index contributed by atoms with van der Waals surface area (Å²) in [6.45, 7) is 5.68. The number of aliphatic hydroxyl groups is 7. The molecule has 12 N–H and O–H groups in total. The molecule has 17 heteroatoms. The molecular formula is C35H59IN4O12. The fraction of sp³-hybridized carbons (Fsp3) is 0.771. The molecular weight excluding hydrogens is 795 g/mol. The number of carbonyl (C=O) groups is 1. The summed E-state index contributed by atoms with van der Waals surface area (Å²) in [7, 11) is 0. The topological polar surface area (TPSA) is 272 Å². The molecule has 3 fully saturated rings. The van der Waals surface area contributed by atoms with Gasteiger partial charge in [-0.15, -0.1) is 0 Å². The largest absolute Gasteiger partial charge is 0.394 e. The summed E-state index contributed by atoms with van der Waals surface area (Å²) in [6, 6.07) is -1.98. The molecule has 0 bridgehead atoms. The van der Waals surface area contributed by atoms with E-state index < -0.39 is 98.2 Å². The zero-order valence-electron chi connectivity index (χ0n) is 30.1. The second-order valence-electron chi connectivity index (χ2n) is 13.8. The first kappa shape index (κ1) is 45.0. The van der Waals surface area contributed by atoms with Crippen LogP contribution in [0, 0.1) is 0 Å². The van der Waals surface area contributed by atoms with Gasteiger partial charge in [-0.3, -0.25) is 9.79 Å². The normalized spacial score (nSPS) is 37.1. The van der Waals surface area contributed by atoms with Gasteiger partial charge in [0.2, 0.25) is 5.91 Å². The molecule has 14 unspecified atom stereocenters. The zero-order valence-corrected chi connectivity index (χ0v) is 32.3. The van der Waals surface area contributed by atoms with E-state index in [9.17, 15) is 40.5 Å². The van der Waals surface area contributed by atoms with Crippen molar-refractivity contribution in [3.05, 3.63) is 33.0 Å². The van der Waals surface area contributed by atoms with Gasteiger partial charge in [-0.05, 0) is 85.1 Å². The second kappa shape index (κ2) is 22.2. The van der Waals surface area contributed by atoms with Crippen molar-refractivity contribution in [2.24, 2.45) is 16.5 Å². The highest BCUT2D eigenvalue weighted by atomic mass is 127. The number of rotatable bonds is 18. The van der Waals surface area contributed by atoms with Gasteiger partial charge in [0.05, 0.1) is 18.8 Å². The molecule has 3 rings (SSSR count). The number of aliphatic imine (C=N–C) groups is 1. The number of halogens is 1. The van der Waals surface area contributed by atoms with Crippen LogP contribution in [-0.2, 0) is 23.7 Å². The monoisotopic (exact) mass is 854 g/mol. The molecule has 1 amide bonds. The summed E-state index contributed by atoms with van der Waals surface area (Å²) in [6.07, 6.45) is -4.14. The van der Waals surface area contributed by atoms with Crippen LogP contribution in [0.4, 0.5) is 0 Å². The number of hydrogen-bond acceptors (Lipinski definition) is 15. The Balaban J connectivity index is 1.58. The molecule has 2 aliphatic heterocycles. The maximum Gasteiger partial charge on any atom is 0.249 e. The number of allylic oxidation sites excluding steroid dienone is 6. The molecule has 1 saturated carbocycles.